The molecular weight excluding hydrogens is 404 g/mol. The fraction of sp³-hybridized carbons (Fsp3) is 0.364. The van der Waals surface area contributed by atoms with Crippen LogP contribution in [0.4, 0.5) is 0 Å². The maximum absolute atomic E-state index is 13.0. The second-order valence-corrected chi connectivity index (χ2v) is 9.68. The number of carbonyl (C=O) groups excluding carboxylic acids is 2. The van der Waals surface area contributed by atoms with Crippen molar-refractivity contribution in [1.82, 2.24) is 9.21 Å². The Bertz CT molecular complexity index is 1040. The van der Waals surface area contributed by atoms with Crippen molar-refractivity contribution in [2.75, 3.05) is 19.6 Å². The van der Waals surface area contributed by atoms with Crippen molar-refractivity contribution in [3.8, 4) is 0 Å². The van der Waals surface area contributed by atoms with E-state index in [1.165, 1.54) is 35.5 Å². The van der Waals surface area contributed by atoms with Crippen LogP contribution in [0.2, 0.25) is 0 Å². The van der Waals surface area contributed by atoms with Crippen molar-refractivity contribution in [2.24, 2.45) is 0 Å². The number of ether oxygens (including phenoxy) is 1. The standard InChI is InChI=1S/C22H24N2O5S/c1-17(25)19-7-9-20(10-8-19)30(27,28)24-13-11-22(12-14-24)23(16-21(26)29-22)15-18-5-3-2-4-6-18/h2-10H,11-16H2,1H3. The van der Waals surface area contributed by atoms with Crippen LogP contribution in [0.25, 0.3) is 0 Å². The highest BCUT2D eigenvalue weighted by Crippen LogP contribution is 2.37. The van der Waals surface area contributed by atoms with Gasteiger partial charge in [-0.05, 0) is 24.6 Å². The summed E-state index contributed by atoms with van der Waals surface area (Å²) in [7, 11) is -3.68. The molecule has 2 aliphatic heterocycles. The molecule has 0 atom stereocenters. The lowest BCUT2D eigenvalue weighted by molar-refractivity contribution is -0.160. The first-order chi connectivity index (χ1) is 14.3. The largest absolute Gasteiger partial charge is 0.443 e. The lowest BCUT2D eigenvalue weighted by Gasteiger charge is -2.42. The number of nitrogens with zero attached hydrogens (tertiary/aromatic N) is 2. The number of Topliss-reactive ketones (excluding diaryl/α,β-unsaturated/α-hetero) is 1. The molecule has 30 heavy (non-hydrogen) atoms. The van der Waals surface area contributed by atoms with Gasteiger partial charge in [-0.1, -0.05) is 42.5 Å². The van der Waals surface area contributed by atoms with Gasteiger partial charge in [-0.15, -0.1) is 0 Å². The van der Waals surface area contributed by atoms with Gasteiger partial charge in [-0.25, -0.2) is 8.42 Å². The Morgan fingerprint density at radius 1 is 1.03 bits per heavy atom. The molecule has 2 heterocycles. The number of piperidine rings is 1. The van der Waals surface area contributed by atoms with Crippen LogP contribution in [0, 0.1) is 0 Å². The number of hydrogen-bond acceptors (Lipinski definition) is 6. The summed E-state index contributed by atoms with van der Waals surface area (Å²) >= 11 is 0. The van der Waals surface area contributed by atoms with Crippen molar-refractivity contribution < 1.29 is 22.7 Å². The van der Waals surface area contributed by atoms with Gasteiger partial charge < -0.3 is 4.74 Å². The molecule has 2 saturated heterocycles. The second kappa shape index (κ2) is 7.94. The Balaban J connectivity index is 1.49. The number of esters is 1. The Kier molecular flexibility index (Phi) is 5.48. The van der Waals surface area contributed by atoms with Crippen LogP contribution in [0.5, 0.6) is 0 Å². The van der Waals surface area contributed by atoms with E-state index in [2.05, 4.69) is 0 Å². The van der Waals surface area contributed by atoms with Gasteiger partial charge in [-0.2, -0.15) is 4.31 Å². The van der Waals surface area contributed by atoms with Gasteiger partial charge in [0.2, 0.25) is 10.0 Å². The molecule has 0 amide bonds. The van der Waals surface area contributed by atoms with Gasteiger partial charge >= 0.3 is 5.97 Å². The summed E-state index contributed by atoms with van der Waals surface area (Å²) < 4.78 is 33.2. The molecule has 2 aromatic rings. The highest BCUT2D eigenvalue weighted by molar-refractivity contribution is 7.89. The predicted molar refractivity (Wildman–Crippen MR) is 110 cm³/mol. The molecule has 0 radical (unpaired) electrons. The molecular formula is C22H24N2O5S. The summed E-state index contributed by atoms with van der Waals surface area (Å²) in [5.41, 5.74) is 0.786. The van der Waals surface area contributed by atoms with E-state index in [-0.39, 0.29) is 36.3 Å². The Labute approximate surface area is 176 Å². The number of hydrogen-bond donors (Lipinski definition) is 0. The molecule has 158 valence electrons. The third-order valence-electron chi connectivity index (χ3n) is 5.82. The molecule has 8 heteroatoms. The van der Waals surface area contributed by atoms with Gasteiger partial charge in [-0.3, -0.25) is 14.5 Å². The summed E-state index contributed by atoms with van der Waals surface area (Å²) in [6, 6.07) is 15.8. The Morgan fingerprint density at radius 3 is 2.27 bits per heavy atom. The zero-order chi connectivity index (χ0) is 21.4. The van der Waals surface area contributed by atoms with Crippen LogP contribution >= 0.6 is 0 Å². The van der Waals surface area contributed by atoms with Gasteiger partial charge in [0.1, 0.15) is 6.54 Å². The van der Waals surface area contributed by atoms with E-state index in [4.69, 9.17) is 4.74 Å². The van der Waals surface area contributed by atoms with E-state index in [1.807, 2.05) is 35.2 Å². The molecule has 2 aromatic carbocycles. The lowest BCUT2D eigenvalue weighted by atomic mass is 9.99. The minimum Gasteiger partial charge on any atom is -0.443 e. The summed E-state index contributed by atoms with van der Waals surface area (Å²) in [6.07, 6.45) is 0.826. The molecule has 0 aromatic heterocycles. The number of carbonyl (C=O) groups is 2. The minimum atomic E-state index is -3.68. The molecule has 0 bridgehead atoms. The Morgan fingerprint density at radius 2 is 1.67 bits per heavy atom. The number of sulfonamides is 1. The average Bonchev–Trinajstić information content (AvgIpc) is 3.03. The Hall–Kier alpha value is -2.55. The third-order valence-corrected chi connectivity index (χ3v) is 7.73. The average molecular weight is 429 g/mol. The van der Waals surface area contributed by atoms with E-state index in [0.29, 0.717) is 24.9 Å². The van der Waals surface area contributed by atoms with Crippen LogP contribution < -0.4 is 0 Å². The first-order valence-electron chi connectivity index (χ1n) is 9.92. The molecule has 1 spiro atoms. The smallest absolute Gasteiger partial charge is 0.322 e. The molecule has 0 unspecified atom stereocenters. The quantitative estimate of drug-likeness (QED) is 0.537. The molecule has 0 aliphatic carbocycles. The zero-order valence-electron chi connectivity index (χ0n) is 16.8. The van der Waals surface area contributed by atoms with Gasteiger partial charge in [0.05, 0.1) is 4.90 Å². The van der Waals surface area contributed by atoms with Gasteiger partial charge in [0.15, 0.2) is 11.5 Å². The third kappa shape index (κ3) is 3.90. The fourth-order valence-electron chi connectivity index (χ4n) is 4.12. The van der Waals surface area contributed by atoms with Crippen molar-refractivity contribution in [2.45, 2.75) is 36.9 Å². The van der Waals surface area contributed by atoms with E-state index >= 15 is 0 Å². The summed E-state index contributed by atoms with van der Waals surface area (Å²) in [5.74, 6) is -0.387. The highest BCUT2D eigenvalue weighted by atomic mass is 32.2. The van der Waals surface area contributed by atoms with Crippen LogP contribution in [0.15, 0.2) is 59.5 Å². The topological polar surface area (TPSA) is 84.0 Å². The van der Waals surface area contributed by atoms with Crippen molar-refractivity contribution in [3.05, 3.63) is 65.7 Å². The van der Waals surface area contributed by atoms with Crippen LogP contribution in [-0.4, -0.2) is 54.7 Å². The van der Waals surface area contributed by atoms with Crippen LogP contribution in [0.3, 0.4) is 0 Å². The fourth-order valence-corrected chi connectivity index (χ4v) is 5.56. The maximum atomic E-state index is 13.0. The number of rotatable bonds is 5. The lowest BCUT2D eigenvalue weighted by Crippen LogP contribution is -2.53. The molecule has 4 rings (SSSR count). The molecule has 0 N–H and O–H groups in total. The van der Waals surface area contributed by atoms with Crippen LogP contribution in [-0.2, 0) is 26.1 Å². The summed E-state index contributed by atoms with van der Waals surface area (Å²) in [6.45, 7) is 2.74. The zero-order valence-corrected chi connectivity index (χ0v) is 17.6. The van der Waals surface area contributed by atoms with Crippen molar-refractivity contribution >= 4 is 21.8 Å². The van der Waals surface area contributed by atoms with Crippen molar-refractivity contribution in [3.63, 3.8) is 0 Å². The predicted octanol–water partition coefficient (Wildman–Crippen LogP) is 2.43. The SMILES string of the molecule is CC(=O)c1ccc(S(=O)(=O)N2CCC3(CC2)OC(=O)CN3Cc2ccccc2)cc1. The highest BCUT2D eigenvalue weighted by Gasteiger charge is 2.50. The van der Waals surface area contributed by atoms with Gasteiger partial charge in [0, 0.05) is 38.0 Å². The van der Waals surface area contributed by atoms with Crippen LogP contribution in [0.1, 0.15) is 35.7 Å². The van der Waals surface area contributed by atoms with Gasteiger partial charge in [0.25, 0.3) is 0 Å². The molecule has 0 saturated carbocycles. The van der Waals surface area contributed by atoms with E-state index < -0.39 is 15.7 Å². The monoisotopic (exact) mass is 428 g/mol. The first-order valence-corrected chi connectivity index (χ1v) is 11.4. The van der Waals surface area contributed by atoms with Crippen molar-refractivity contribution in [1.29, 1.82) is 0 Å². The molecule has 2 fully saturated rings. The second-order valence-electron chi connectivity index (χ2n) is 7.75. The van der Waals surface area contributed by atoms with E-state index in [1.54, 1.807) is 0 Å². The minimum absolute atomic E-state index is 0.111. The summed E-state index contributed by atoms with van der Waals surface area (Å²) in [4.78, 5) is 25.7. The van der Waals surface area contributed by atoms with E-state index in [9.17, 15) is 18.0 Å². The number of ketones is 1. The molecule has 7 nitrogen and oxygen atoms in total. The maximum Gasteiger partial charge on any atom is 0.322 e. The molecule has 2 aliphatic rings. The first kappa shape index (κ1) is 20.7. The summed E-state index contributed by atoms with van der Waals surface area (Å²) in [5, 5.41) is 0. The normalized spacial score (nSPS) is 19.7. The number of benzene rings is 2. The van der Waals surface area contributed by atoms with E-state index in [0.717, 1.165) is 5.56 Å².